The van der Waals surface area contributed by atoms with Gasteiger partial charge in [0.15, 0.2) is 0 Å². The van der Waals surface area contributed by atoms with Crippen molar-refractivity contribution in [2.45, 2.75) is 25.7 Å². The number of carbonyl (C=O) groups is 1. The molecule has 0 atom stereocenters. The molecule has 0 unspecified atom stereocenters. The van der Waals surface area contributed by atoms with Crippen LogP contribution in [-0.4, -0.2) is 12.6 Å². The molecule has 0 amide bonds. The highest BCUT2D eigenvalue weighted by Crippen LogP contribution is 2.19. The van der Waals surface area contributed by atoms with Crippen LogP contribution in [0.25, 0.3) is 6.08 Å². The Balaban J connectivity index is 2.07. The maximum atomic E-state index is 11.2. The predicted molar refractivity (Wildman–Crippen MR) is 63.8 cm³/mol. The van der Waals surface area contributed by atoms with E-state index in [2.05, 4.69) is 18.2 Å². The van der Waals surface area contributed by atoms with E-state index in [1.54, 1.807) is 0 Å². The topological polar surface area (TPSA) is 26.3 Å². The van der Waals surface area contributed by atoms with E-state index in [4.69, 9.17) is 4.74 Å². The standard InChI is InChI=1S/C14H16O2/c15-14-9-8-13(7-4-10-16-14)11-12-5-2-1-3-6-12/h1-3,5-6,11H,4,7-10H2. The van der Waals surface area contributed by atoms with Crippen molar-refractivity contribution in [3.8, 4) is 0 Å². The van der Waals surface area contributed by atoms with Crippen molar-refractivity contribution >= 4 is 12.0 Å². The third-order valence-electron chi connectivity index (χ3n) is 2.73. The molecule has 0 aromatic heterocycles. The van der Waals surface area contributed by atoms with Crippen LogP contribution >= 0.6 is 0 Å². The first-order valence-electron chi connectivity index (χ1n) is 5.75. The summed E-state index contributed by atoms with van der Waals surface area (Å²) < 4.78 is 5.02. The van der Waals surface area contributed by atoms with E-state index in [1.807, 2.05) is 18.2 Å². The lowest BCUT2D eigenvalue weighted by Gasteiger charge is -2.12. The molecule has 0 aliphatic carbocycles. The van der Waals surface area contributed by atoms with Gasteiger partial charge >= 0.3 is 5.97 Å². The molecular weight excluding hydrogens is 200 g/mol. The normalized spacial score (nSPS) is 20.0. The van der Waals surface area contributed by atoms with E-state index in [0.717, 1.165) is 19.3 Å². The zero-order valence-corrected chi connectivity index (χ0v) is 9.32. The first kappa shape index (κ1) is 10.9. The maximum absolute atomic E-state index is 11.2. The summed E-state index contributed by atoms with van der Waals surface area (Å²) in [5.74, 6) is -0.0707. The lowest BCUT2D eigenvalue weighted by Crippen LogP contribution is -2.09. The molecular formula is C14H16O2. The van der Waals surface area contributed by atoms with Crippen molar-refractivity contribution in [1.29, 1.82) is 0 Å². The number of carbonyl (C=O) groups excluding carboxylic acids is 1. The van der Waals surface area contributed by atoms with Crippen molar-refractivity contribution in [3.05, 3.63) is 41.5 Å². The quantitative estimate of drug-likeness (QED) is 0.674. The molecule has 0 radical (unpaired) electrons. The zero-order chi connectivity index (χ0) is 11.2. The molecule has 1 aromatic carbocycles. The Morgan fingerprint density at radius 1 is 1.06 bits per heavy atom. The van der Waals surface area contributed by atoms with Crippen LogP contribution in [0.3, 0.4) is 0 Å². The highest BCUT2D eigenvalue weighted by molar-refractivity contribution is 5.70. The lowest BCUT2D eigenvalue weighted by molar-refractivity contribution is -0.144. The number of benzene rings is 1. The van der Waals surface area contributed by atoms with Gasteiger partial charge < -0.3 is 4.74 Å². The number of hydrogen-bond donors (Lipinski definition) is 0. The summed E-state index contributed by atoms with van der Waals surface area (Å²) in [6.07, 6.45) is 5.50. The van der Waals surface area contributed by atoms with Gasteiger partial charge in [0.05, 0.1) is 6.61 Å². The average molecular weight is 216 g/mol. The van der Waals surface area contributed by atoms with Crippen LogP contribution in [0, 0.1) is 0 Å². The number of esters is 1. The maximum Gasteiger partial charge on any atom is 0.306 e. The van der Waals surface area contributed by atoms with E-state index >= 15 is 0 Å². The molecule has 0 spiro atoms. The van der Waals surface area contributed by atoms with Crippen molar-refractivity contribution in [2.75, 3.05) is 6.61 Å². The molecule has 1 fully saturated rings. The molecule has 1 aliphatic rings. The molecule has 1 aromatic rings. The Morgan fingerprint density at radius 3 is 2.69 bits per heavy atom. The van der Waals surface area contributed by atoms with E-state index in [0.29, 0.717) is 13.0 Å². The Bertz CT molecular complexity index is 379. The van der Waals surface area contributed by atoms with E-state index in [-0.39, 0.29) is 5.97 Å². The summed E-state index contributed by atoms with van der Waals surface area (Å²) >= 11 is 0. The van der Waals surface area contributed by atoms with Crippen molar-refractivity contribution in [1.82, 2.24) is 0 Å². The van der Waals surface area contributed by atoms with E-state index in [9.17, 15) is 4.79 Å². The van der Waals surface area contributed by atoms with Crippen LogP contribution in [-0.2, 0) is 9.53 Å². The largest absolute Gasteiger partial charge is 0.466 e. The molecule has 0 bridgehead atoms. The molecule has 1 saturated heterocycles. The Labute approximate surface area is 95.9 Å². The smallest absolute Gasteiger partial charge is 0.306 e. The van der Waals surface area contributed by atoms with Gasteiger partial charge in [0.1, 0.15) is 0 Å². The van der Waals surface area contributed by atoms with Gasteiger partial charge in [-0.15, -0.1) is 0 Å². The first-order chi connectivity index (χ1) is 7.84. The summed E-state index contributed by atoms with van der Waals surface area (Å²) in [7, 11) is 0. The van der Waals surface area contributed by atoms with Crippen LogP contribution in [0.4, 0.5) is 0 Å². The van der Waals surface area contributed by atoms with Crippen LogP contribution in [0.1, 0.15) is 31.2 Å². The minimum absolute atomic E-state index is 0.0707. The van der Waals surface area contributed by atoms with Gasteiger partial charge in [-0.2, -0.15) is 0 Å². The molecule has 84 valence electrons. The second-order valence-corrected chi connectivity index (χ2v) is 4.04. The molecule has 0 saturated carbocycles. The summed E-state index contributed by atoms with van der Waals surface area (Å²) in [4.78, 5) is 11.2. The molecule has 2 heteroatoms. The predicted octanol–water partition coefficient (Wildman–Crippen LogP) is 3.19. The highest BCUT2D eigenvalue weighted by Gasteiger charge is 2.09. The number of ether oxygens (including phenoxy) is 1. The fourth-order valence-corrected chi connectivity index (χ4v) is 1.87. The number of cyclic esters (lactones) is 1. The molecule has 16 heavy (non-hydrogen) atoms. The van der Waals surface area contributed by atoms with Gasteiger partial charge in [-0.3, -0.25) is 4.79 Å². The third kappa shape index (κ3) is 3.23. The second kappa shape index (κ2) is 5.50. The van der Waals surface area contributed by atoms with Gasteiger partial charge in [-0.25, -0.2) is 0 Å². The number of allylic oxidation sites excluding steroid dienone is 1. The van der Waals surface area contributed by atoms with Crippen LogP contribution in [0.15, 0.2) is 35.9 Å². The van der Waals surface area contributed by atoms with Gasteiger partial charge in [-0.1, -0.05) is 42.0 Å². The van der Waals surface area contributed by atoms with Crippen molar-refractivity contribution < 1.29 is 9.53 Å². The van der Waals surface area contributed by atoms with Gasteiger partial charge in [0.25, 0.3) is 0 Å². The SMILES string of the molecule is O=C1CCC(=Cc2ccccc2)CCCO1. The molecule has 1 aliphatic heterocycles. The van der Waals surface area contributed by atoms with Gasteiger partial charge in [-0.05, 0) is 24.8 Å². The van der Waals surface area contributed by atoms with Gasteiger partial charge in [0.2, 0.25) is 0 Å². The van der Waals surface area contributed by atoms with Crippen LogP contribution in [0.5, 0.6) is 0 Å². The van der Waals surface area contributed by atoms with Crippen molar-refractivity contribution in [2.24, 2.45) is 0 Å². The molecule has 1 heterocycles. The van der Waals surface area contributed by atoms with Gasteiger partial charge in [0, 0.05) is 6.42 Å². The summed E-state index contributed by atoms with van der Waals surface area (Å²) in [6, 6.07) is 10.2. The van der Waals surface area contributed by atoms with Crippen LogP contribution in [0.2, 0.25) is 0 Å². The number of hydrogen-bond acceptors (Lipinski definition) is 2. The number of rotatable bonds is 1. The van der Waals surface area contributed by atoms with Crippen molar-refractivity contribution in [3.63, 3.8) is 0 Å². The molecule has 2 rings (SSSR count). The van der Waals surface area contributed by atoms with Crippen LogP contribution < -0.4 is 0 Å². The first-order valence-corrected chi connectivity index (χ1v) is 5.75. The Morgan fingerprint density at radius 2 is 1.88 bits per heavy atom. The minimum Gasteiger partial charge on any atom is -0.466 e. The van der Waals surface area contributed by atoms with E-state index < -0.39 is 0 Å². The Hall–Kier alpha value is -1.57. The molecule has 2 nitrogen and oxygen atoms in total. The third-order valence-corrected chi connectivity index (χ3v) is 2.73. The molecule has 0 N–H and O–H groups in total. The summed E-state index contributed by atoms with van der Waals surface area (Å²) in [5, 5.41) is 0. The Kier molecular flexibility index (Phi) is 3.76. The zero-order valence-electron chi connectivity index (χ0n) is 9.32. The minimum atomic E-state index is -0.0707. The van der Waals surface area contributed by atoms with E-state index in [1.165, 1.54) is 11.1 Å². The monoisotopic (exact) mass is 216 g/mol. The second-order valence-electron chi connectivity index (χ2n) is 4.04. The lowest BCUT2D eigenvalue weighted by atomic mass is 10.0. The fraction of sp³-hybridized carbons (Fsp3) is 0.357. The summed E-state index contributed by atoms with van der Waals surface area (Å²) in [6.45, 7) is 0.560. The average Bonchev–Trinajstić information content (AvgIpc) is 2.30. The summed E-state index contributed by atoms with van der Waals surface area (Å²) in [5.41, 5.74) is 2.56. The fourth-order valence-electron chi connectivity index (χ4n) is 1.87. The highest BCUT2D eigenvalue weighted by atomic mass is 16.5.